The van der Waals surface area contributed by atoms with E-state index in [0.717, 1.165) is 12.0 Å². The van der Waals surface area contributed by atoms with Crippen LogP contribution in [0.4, 0.5) is 0 Å². The molecule has 1 aliphatic carbocycles. The highest BCUT2D eigenvalue weighted by Crippen LogP contribution is 2.38. The van der Waals surface area contributed by atoms with Crippen molar-refractivity contribution in [2.45, 2.75) is 12.5 Å². The number of hydrogen-bond acceptors (Lipinski definition) is 2. The lowest BCUT2D eigenvalue weighted by Crippen LogP contribution is -2.40. The van der Waals surface area contributed by atoms with E-state index in [0.29, 0.717) is 5.57 Å². The van der Waals surface area contributed by atoms with Crippen LogP contribution in [-0.2, 0) is 4.79 Å². The van der Waals surface area contributed by atoms with E-state index < -0.39 is 5.97 Å². The number of nitrogens with zero attached hydrogens (tertiary/aromatic N) is 1. The third-order valence-corrected chi connectivity index (χ3v) is 3.46. The minimum atomic E-state index is -0.849. The maximum atomic E-state index is 11.3. The van der Waals surface area contributed by atoms with Gasteiger partial charge in [0.2, 0.25) is 0 Å². The van der Waals surface area contributed by atoms with Crippen LogP contribution in [0.15, 0.2) is 60.0 Å². The number of rotatable bonds is 1. The molecule has 86 valence electrons. The second-order valence-corrected chi connectivity index (χ2v) is 4.40. The van der Waals surface area contributed by atoms with E-state index in [4.69, 9.17) is 0 Å². The number of carboxylic acid groups (broad SMARTS) is 1. The molecule has 0 spiro atoms. The summed E-state index contributed by atoms with van der Waals surface area (Å²) in [7, 11) is 0. The van der Waals surface area contributed by atoms with Gasteiger partial charge in [-0.05, 0) is 18.1 Å². The number of aliphatic carboxylic acids is 1. The minimum absolute atomic E-state index is 0.247. The summed E-state index contributed by atoms with van der Waals surface area (Å²) >= 11 is 0. The van der Waals surface area contributed by atoms with Crippen LogP contribution in [0.2, 0.25) is 0 Å². The fourth-order valence-corrected chi connectivity index (χ4v) is 2.66. The van der Waals surface area contributed by atoms with Crippen LogP contribution < -0.4 is 0 Å². The van der Waals surface area contributed by atoms with Gasteiger partial charge >= 0.3 is 5.97 Å². The lowest BCUT2D eigenvalue weighted by Gasteiger charge is -2.40. The van der Waals surface area contributed by atoms with Crippen molar-refractivity contribution >= 4 is 5.97 Å². The van der Waals surface area contributed by atoms with E-state index in [9.17, 15) is 9.90 Å². The van der Waals surface area contributed by atoms with Gasteiger partial charge in [0, 0.05) is 18.3 Å². The van der Waals surface area contributed by atoms with Gasteiger partial charge in [0.1, 0.15) is 0 Å². The van der Waals surface area contributed by atoms with Crippen LogP contribution in [0.5, 0.6) is 0 Å². The second kappa shape index (κ2) is 3.77. The number of carboxylic acids is 1. The Morgan fingerprint density at radius 2 is 2.24 bits per heavy atom. The van der Waals surface area contributed by atoms with Gasteiger partial charge in [-0.3, -0.25) is 0 Å². The zero-order chi connectivity index (χ0) is 11.8. The summed E-state index contributed by atoms with van der Waals surface area (Å²) in [5, 5.41) is 9.27. The van der Waals surface area contributed by atoms with Gasteiger partial charge in [-0.1, -0.05) is 30.4 Å². The Balaban J connectivity index is 2.10. The first-order valence-electron chi connectivity index (χ1n) is 5.72. The van der Waals surface area contributed by atoms with E-state index in [2.05, 4.69) is 12.2 Å². The molecule has 3 heteroatoms. The van der Waals surface area contributed by atoms with E-state index in [-0.39, 0.29) is 12.0 Å². The standard InChI is InChI=1S/C14H13NO2/c16-14(17)12-9-15-8-4-3-7-13(15)11-6-2-1-5-10(11)12/h1-5,7-9,11,13H,6H2,(H,16,17)/t11?,13-/m0/s1. The van der Waals surface area contributed by atoms with E-state index in [1.54, 1.807) is 6.20 Å². The predicted octanol–water partition coefficient (Wildman–Crippen LogP) is 2.23. The SMILES string of the molecule is O=C(O)C1=CN2C=CC=C[C@H]2C2CC=CC=C12. The Bertz CT molecular complexity index is 508. The molecule has 3 rings (SSSR count). The molecule has 0 aromatic rings. The number of fused-ring (bicyclic) bond motifs is 3. The van der Waals surface area contributed by atoms with E-state index in [1.807, 2.05) is 35.4 Å². The van der Waals surface area contributed by atoms with Crippen LogP contribution in [0.3, 0.4) is 0 Å². The highest BCUT2D eigenvalue weighted by atomic mass is 16.4. The van der Waals surface area contributed by atoms with Gasteiger partial charge in [0.05, 0.1) is 11.6 Å². The van der Waals surface area contributed by atoms with Crippen molar-refractivity contribution < 1.29 is 9.90 Å². The molecule has 2 heterocycles. The molecule has 0 fully saturated rings. The summed E-state index contributed by atoms with van der Waals surface area (Å²) in [5.74, 6) is -0.602. The minimum Gasteiger partial charge on any atom is -0.478 e. The third-order valence-electron chi connectivity index (χ3n) is 3.46. The van der Waals surface area contributed by atoms with Crippen molar-refractivity contribution in [3.8, 4) is 0 Å². The van der Waals surface area contributed by atoms with Crippen LogP contribution in [0, 0.1) is 5.92 Å². The van der Waals surface area contributed by atoms with Crippen molar-refractivity contribution in [1.82, 2.24) is 4.90 Å². The molecule has 0 bridgehead atoms. The lowest BCUT2D eigenvalue weighted by atomic mass is 9.78. The Kier molecular flexibility index (Phi) is 2.25. The van der Waals surface area contributed by atoms with Gasteiger partial charge in [-0.25, -0.2) is 4.79 Å². The predicted molar refractivity (Wildman–Crippen MR) is 65.0 cm³/mol. The molecule has 2 atom stereocenters. The molecule has 1 unspecified atom stereocenters. The summed E-state index contributed by atoms with van der Waals surface area (Å²) < 4.78 is 0. The third kappa shape index (κ3) is 1.55. The van der Waals surface area contributed by atoms with Gasteiger partial charge < -0.3 is 10.0 Å². The molecule has 3 aliphatic rings. The van der Waals surface area contributed by atoms with Gasteiger partial charge in [0.25, 0.3) is 0 Å². The van der Waals surface area contributed by atoms with Gasteiger partial charge in [-0.2, -0.15) is 0 Å². The topological polar surface area (TPSA) is 40.5 Å². The van der Waals surface area contributed by atoms with Crippen molar-refractivity contribution in [3.05, 3.63) is 60.0 Å². The first-order chi connectivity index (χ1) is 8.27. The molecule has 17 heavy (non-hydrogen) atoms. The Morgan fingerprint density at radius 1 is 1.35 bits per heavy atom. The first-order valence-corrected chi connectivity index (χ1v) is 5.72. The van der Waals surface area contributed by atoms with Gasteiger partial charge in [0.15, 0.2) is 0 Å². The quantitative estimate of drug-likeness (QED) is 0.746. The van der Waals surface area contributed by atoms with Crippen LogP contribution >= 0.6 is 0 Å². The number of allylic oxidation sites excluding steroid dienone is 5. The zero-order valence-electron chi connectivity index (χ0n) is 9.28. The zero-order valence-corrected chi connectivity index (χ0v) is 9.28. The molecule has 0 saturated carbocycles. The van der Waals surface area contributed by atoms with Crippen LogP contribution in [0.25, 0.3) is 0 Å². The van der Waals surface area contributed by atoms with E-state index >= 15 is 0 Å². The first kappa shape index (κ1) is 10.1. The summed E-state index contributed by atoms with van der Waals surface area (Å²) in [6, 6.07) is 0.249. The Labute approximate surface area is 99.7 Å². The van der Waals surface area contributed by atoms with E-state index in [1.165, 1.54) is 0 Å². The Morgan fingerprint density at radius 3 is 3.06 bits per heavy atom. The fourth-order valence-electron chi connectivity index (χ4n) is 2.66. The highest BCUT2D eigenvalue weighted by molar-refractivity contribution is 5.92. The molecule has 0 amide bonds. The summed E-state index contributed by atoms with van der Waals surface area (Å²) in [6.07, 6.45) is 16.6. The average Bonchev–Trinajstić information content (AvgIpc) is 2.37. The summed E-state index contributed by atoms with van der Waals surface area (Å²) in [5.41, 5.74) is 1.36. The van der Waals surface area contributed by atoms with Crippen molar-refractivity contribution in [2.75, 3.05) is 0 Å². The number of carbonyl (C=O) groups is 1. The molecule has 1 N–H and O–H groups in total. The molecule has 3 nitrogen and oxygen atoms in total. The molecular formula is C14H13NO2. The molecule has 0 saturated heterocycles. The molecule has 0 aromatic carbocycles. The van der Waals surface area contributed by atoms with Crippen molar-refractivity contribution in [3.63, 3.8) is 0 Å². The average molecular weight is 227 g/mol. The summed E-state index contributed by atoms with van der Waals surface area (Å²) in [6.45, 7) is 0. The van der Waals surface area contributed by atoms with Crippen molar-refractivity contribution in [1.29, 1.82) is 0 Å². The maximum Gasteiger partial charge on any atom is 0.337 e. The monoisotopic (exact) mass is 227 g/mol. The molecular weight excluding hydrogens is 214 g/mol. The molecule has 2 aliphatic heterocycles. The van der Waals surface area contributed by atoms with Crippen LogP contribution in [0.1, 0.15) is 6.42 Å². The lowest BCUT2D eigenvalue weighted by molar-refractivity contribution is -0.132. The Hall–Kier alpha value is -2.03. The molecule has 0 radical (unpaired) electrons. The smallest absolute Gasteiger partial charge is 0.337 e. The maximum absolute atomic E-state index is 11.3. The fraction of sp³-hybridized carbons (Fsp3) is 0.214. The number of hydrogen-bond donors (Lipinski definition) is 1. The van der Waals surface area contributed by atoms with Crippen LogP contribution in [-0.4, -0.2) is 22.0 Å². The normalized spacial score (nSPS) is 29.3. The highest BCUT2D eigenvalue weighted by Gasteiger charge is 2.35. The van der Waals surface area contributed by atoms with Gasteiger partial charge in [-0.15, -0.1) is 0 Å². The summed E-state index contributed by atoms with van der Waals surface area (Å²) in [4.78, 5) is 13.3. The molecule has 0 aromatic heterocycles. The van der Waals surface area contributed by atoms with Crippen molar-refractivity contribution in [2.24, 2.45) is 5.92 Å². The largest absolute Gasteiger partial charge is 0.478 e. The second-order valence-electron chi connectivity index (χ2n) is 4.40.